The molecule has 5 nitrogen and oxygen atoms in total. The SMILES string of the molecule is CC(C)(C)N1CCCC[C@H]1c1nc(CCc2ccncc2)no1. The van der Waals surface area contributed by atoms with E-state index >= 15 is 0 Å². The number of hydrogen-bond donors (Lipinski definition) is 0. The van der Waals surface area contributed by atoms with Crippen LogP contribution in [0.15, 0.2) is 29.0 Å². The van der Waals surface area contributed by atoms with Crippen LogP contribution >= 0.6 is 0 Å². The summed E-state index contributed by atoms with van der Waals surface area (Å²) in [7, 11) is 0. The normalized spacial score (nSPS) is 19.9. The summed E-state index contributed by atoms with van der Waals surface area (Å²) in [5, 5.41) is 4.19. The van der Waals surface area contributed by atoms with Gasteiger partial charge in [0, 0.05) is 24.4 Å². The molecule has 0 spiro atoms. The maximum absolute atomic E-state index is 5.60. The lowest BCUT2D eigenvalue weighted by Gasteiger charge is -2.42. The first-order chi connectivity index (χ1) is 11.0. The van der Waals surface area contributed by atoms with Gasteiger partial charge in [0.25, 0.3) is 0 Å². The molecule has 0 unspecified atom stereocenters. The van der Waals surface area contributed by atoms with Crippen molar-refractivity contribution in [2.24, 2.45) is 0 Å². The predicted octanol–water partition coefficient (Wildman–Crippen LogP) is 3.58. The fourth-order valence-electron chi connectivity index (χ4n) is 3.30. The van der Waals surface area contributed by atoms with Gasteiger partial charge in [-0.2, -0.15) is 4.98 Å². The minimum atomic E-state index is 0.122. The summed E-state index contributed by atoms with van der Waals surface area (Å²) >= 11 is 0. The van der Waals surface area contributed by atoms with Crippen molar-refractivity contribution in [2.75, 3.05) is 6.54 Å². The van der Waals surface area contributed by atoms with E-state index in [0.717, 1.165) is 37.5 Å². The molecule has 0 aliphatic carbocycles. The summed E-state index contributed by atoms with van der Waals surface area (Å²) < 4.78 is 5.60. The van der Waals surface area contributed by atoms with Gasteiger partial charge in [0.15, 0.2) is 5.82 Å². The van der Waals surface area contributed by atoms with Crippen LogP contribution in [0.5, 0.6) is 0 Å². The Bertz CT molecular complexity index is 617. The zero-order valence-corrected chi connectivity index (χ0v) is 14.3. The van der Waals surface area contributed by atoms with Crippen molar-refractivity contribution in [3.05, 3.63) is 41.8 Å². The van der Waals surface area contributed by atoms with Crippen LogP contribution in [0.2, 0.25) is 0 Å². The molecule has 1 saturated heterocycles. The molecule has 0 bridgehead atoms. The maximum Gasteiger partial charge on any atom is 0.244 e. The number of nitrogens with zero attached hydrogens (tertiary/aromatic N) is 4. The van der Waals surface area contributed by atoms with E-state index < -0.39 is 0 Å². The summed E-state index contributed by atoms with van der Waals surface area (Å²) in [5.74, 6) is 1.58. The van der Waals surface area contributed by atoms with Gasteiger partial charge in [0.2, 0.25) is 5.89 Å². The second kappa shape index (κ2) is 6.79. The molecule has 5 heteroatoms. The van der Waals surface area contributed by atoms with Crippen molar-refractivity contribution in [3.63, 3.8) is 0 Å². The van der Waals surface area contributed by atoms with Crippen molar-refractivity contribution in [1.82, 2.24) is 20.0 Å². The maximum atomic E-state index is 5.60. The van der Waals surface area contributed by atoms with Crippen LogP contribution < -0.4 is 0 Å². The Balaban J connectivity index is 1.68. The largest absolute Gasteiger partial charge is 0.338 e. The highest BCUT2D eigenvalue weighted by Crippen LogP contribution is 2.35. The third-order valence-electron chi connectivity index (χ3n) is 4.52. The minimum Gasteiger partial charge on any atom is -0.338 e. The minimum absolute atomic E-state index is 0.122. The van der Waals surface area contributed by atoms with Gasteiger partial charge < -0.3 is 4.52 Å². The van der Waals surface area contributed by atoms with Gasteiger partial charge in [-0.1, -0.05) is 11.6 Å². The monoisotopic (exact) mass is 314 g/mol. The molecule has 2 aromatic heterocycles. The number of likely N-dealkylation sites (tertiary alicyclic amines) is 1. The molecule has 0 amide bonds. The lowest BCUT2D eigenvalue weighted by molar-refractivity contribution is 0.0339. The van der Waals surface area contributed by atoms with E-state index in [1.54, 1.807) is 0 Å². The summed E-state index contributed by atoms with van der Waals surface area (Å²) in [5.41, 5.74) is 1.37. The quantitative estimate of drug-likeness (QED) is 0.863. The number of piperidine rings is 1. The fourth-order valence-corrected chi connectivity index (χ4v) is 3.30. The Morgan fingerprint density at radius 3 is 2.70 bits per heavy atom. The summed E-state index contributed by atoms with van der Waals surface area (Å²) in [6.07, 6.45) is 8.93. The van der Waals surface area contributed by atoms with Gasteiger partial charge in [0.05, 0.1) is 6.04 Å². The Morgan fingerprint density at radius 1 is 1.17 bits per heavy atom. The molecule has 1 aliphatic heterocycles. The molecule has 3 heterocycles. The van der Waals surface area contributed by atoms with Crippen LogP contribution in [0.4, 0.5) is 0 Å². The Hall–Kier alpha value is -1.75. The van der Waals surface area contributed by atoms with E-state index in [9.17, 15) is 0 Å². The first kappa shape index (κ1) is 16.1. The third kappa shape index (κ3) is 3.96. The van der Waals surface area contributed by atoms with Crippen molar-refractivity contribution in [2.45, 2.75) is 64.5 Å². The lowest BCUT2D eigenvalue weighted by Crippen LogP contribution is -2.46. The van der Waals surface area contributed by atoms with E-state index in [4.69, 9.17) is 4.52 Å². The number of aryl methyl sites for hydroxylation is 2. The summed E-state index contributed by atoms with van der Waals surface area (Å²) in [4.78, 5) is 11.2. The fraction of sp³-hybridized carbons (Fsp3) is 0.611. The van der Waals surface area contributed by atoms with Crippen LogP contribution in [-0.2, 0) is 12.8 Å². The van der Waals surface area contributed by atoms with Gasteiger partial charge in [0.1, 0.15) is 0 Å². The van der Waals surface area contributed by atoms with Crippen molar-refractivity contribution in [1.29, 1.82) is 0 Å². The number of hydrogen-bond acceptors (Lipinski definition) is 5. The average molecular weight is 314 g/mol. The van der Waals surface area contributed by atoms with Crippen LogP contribution in [0.1, 0.15) is 63.4 Å². The van der Waals surface area contributed by atoms with Crippen LogP contribution in [0, 0.1) is 0 Å². The van der Waals surface area contributed by atoms with E-state index in [1.807, 2.05) is 24.5 Å². The summed E-state index contributed by atoms with van der Waals surface area (Å²) in [6.45, 7) is 7.87. The van der Waals surface area contributed by atoms with Crippen LogP contribution in [0.3, 0.4) is 0 Å². The lowest BCUT2D eigenvalue weighted by atomic mass is 9.94. The van der Waals surface area contributed by atoms with Gasteiger partial charge >= 0.3 is 0 Å². The van der Waals surface area contributed by atoms with Crippen LogP contribution in [-0.4, -0.2) is 32.1 Å². The molecule has 23 heavy (non-hydrogen) atoms. The molecule has 0 aromatic carbocycles. The first-order valence-electron chi connectivity index (χ1n) is 8.52. The topological polar surface area (TPSA) is 55.1 Å². The highest BCUT2D eigenvalue weighted by Gasteiger charge is 2.35. The number of pyridine rings is 1. The highest BCUT2D eigenvalue weighted by atomic mass is 16.5. The second-order valence-corrected chi connectivity index (χ2v) is 7.28. The predicted molar refractivity (Wildman–Crippen MR) is 89.0 cm³/mol. The van der Waals surface area contributed by atoms with Gasteiger partial charge in [-0.15, -0.1) is 0 Å². The molecule has 0 radical (unpaired) electrons. The first-order valence-corrected chi connectivity index (χ1v) is 8.52. The van der Waals surface area contributed by atoms with Crippen molar-refractivity contribution in [3.8, 4) is 0 Å². The second-order valence-electron chi connectivity index (χ2n) is 7.28. The van der Waals surface area contributed by atoms with Gasteiger partial charge in [-0.25, -0.2) is 0 Å². The smallest absolute Gasteiger partial charge is 0.244 e. The highest BCUT2D eigenvalue weighted by molar-refractivity contribution is 5.11. The molecular formula is C18H26N4O. The standard InChI is InChI=1S/C18H26N4O/c1-18(2,3)22-13-5-4-6-15(22)17-20-16(21-23-17)8-7-14-9-11-19-12-10-14/h9-12,15H,4-8,13H2,1-3H3/t15-/m0/s1. The number of aromatic nitrogens is 3. The molecular weight excluding hydrogens is 288 g/mol. The third-order valence-corrected chi connectivity index (χ3v) is 4.52. The molecule has 124 valence electrons. The Labute approximate surface area is 138 Å². The van der Waals surface area contributed by atoms with E-state index in [2.05, 4.69) is 40.8 Å². The Kier molecular flexibility index (Phi) is 4.76. The Morgan fingerprint density at radius 2 is 1.96 bits per heavy atom. The van der Waals surface area contributed by atoms with E-state index in [-0.39, 0.29) is 11.6 Å². The zero-order valence-electron chi connectivity index (χ0n) is 14.3. The van der Waals surface area contributed by atoms with E-state index in [1.165, 1.54) is 18.4 Å². The van der Waals surface area contributed by atoms with Gasteiger partial charge in [-0.3, -0.25) is 9.88 Å². The average Bonchev–Trinajstić information content (AvgIpc) is 3.02. The van der Waals surface area contributed by atoms with E-state index in [0.29, 0.717) is 0 Å². The molecule has 0 saturated carbocycles. The van der Waals surface area contributed by atoms with Crippen molar-refractivity contribution >= 4 is 0 Å². The van der Waals surface area contributed by atoms with Crippen LogP contribution in [0.25, 0.3) is 0 Å². The number of rotatable bonds is 4. The van der Waals surface area contributed by atoms with Gasteiger partial charge in [-0.05, 0) is 64.3 Å². The zero-order chi connectivity index (χ0) is 16.3. The molecule has 1 atom stereocenters. The molecule has 2 aromatic rings. The molecule has 0 N–H and O–H groups in total. The molecule has 1 fully saturated rings. The summed E-state index contributed by atoms with van der Waals surface area (Å²) in [6, 6.07) is 4.32. The molecule has 3 rings (SSSR count). The van der Waals surface area contributed by atoms with Crippen molar-refractivity contribution < 1.29 is 4.52 Å². The molecule has 1 aliphatic rings.